The molecule has 2 rings (SSSR count). The number of para-hydroxylation sites is 1. The van der Waals surface area contributed by atoms with Crippen LogP contribution in [0.15, 0.2) is 42.7 Å². The second kappa shape index (κ2) is 9.72. The maximum absolute atomic E-state index is 12.3. The normalized spacial score (nSPS) is 10.8. The molecule has 0 bridgehead atoms. The van der Waals surface area contributed by atoms with E-state index in [9.17, 15) is 9.59 Å². The molecular weight excluding hydrogens is 330 g/mol. The molecule has 0 fully saturated rings. The Morgan fingerprint density at radius 3 is 2.58 bits per heavy atom. The lowest BCUT2D eigenvalue weighted by Crippen LogP contribution is -2.42. The molecular formula is C19H27N5O2. The molecule has 1 aromatic carbocycles. The zero-order valence-corrected chi connectivity index (χ0v) is 15.7. The Morgan fingerprint density at radius 1 is 1.15 bits per heavy atom. The van der Waals surface area contributed by atoms with Gasteiger partial charge in [-0.3, -0.25) is 14.5 Å². The Labute approximate surface area is 154 Å². The van der Waals surface area contributed by atoms with Crippen LogP contribution in [0, 0.1) is 0 Å². The highest BCUT2D eigenvalue weighted by molar-refractivity contribution is 5.85. The van der Waals surface area contributed by atoms with E-state index >= 15 is 0 Å². The molecule has 0 unspecified atom stereocenters. The Hall–Kier alpha value is -2.67. The highest BCUT2D eigenvalue weighted by Gasteiger charge is 2.15. The minimum Gasteiger partial charge on any atom is -0.355 e. The molecule has 1 heterocycles. The second-order valence-corrected chi connectivity index (χ2v) is 6.40. The van der Waals surface area contributed by atoms with Gasteiger partial charge in [0.15, 0.2) is 0 Å². The molecule has 0 radical (unpaired) electrons. The van der Waals surface area contributed by atoms with Gasteiger partial charge >= 0.3 is 0 Å². The van der Waals surface area contributed by atoms with Gasteiger partial charge in [-0.1, -0.05) is 25.1 Å². The number of rotatable bonds is 9. The summed E-state index contributed by atoms with van der Waals surface area (Å²) >= 11 is 0. The maximum Gasteiger partial charge on any atom is 0.239 e. The van der Waals surface area contributed by atoms with Crippen molar-refractivity contribution in [2.75, 3.05) is 33.7 Å². The monoisotopic (exact) mass is 357 g/mol. The number of nitrogens with zero attached hydrogens (tertiary/aromatic N) is 4. The standard InChI is InChI=1S/C19H27N5O2/c1-4-10-20-18(25)14-23(3)19(26)15-22(2)12-16-11-21-24(13-16)17-8-6-5-7-9-17/h5-9,11,13H,4,10,12,14-15H2,1-3H3,(H,20,25). The number of hydrogen-bond donors (Lipinski definition) is 1. The van der Waals surface area contributed by atoms with Crippen molar-refractivity contribution < 1.29 is 9.59 Å². The summed E-state index contributed by atoms with van der Waals surface area (Å²) in [6, 6.07) is 9.87. The van der Waals surface area contributed by atoms with Crippen LogP contribution in [0.3, 0.4) is 0 Å². The lowest BCUT2D eigenvalue weighted by atomic mass is 10.3. The summed E-state index contributed by atoms with van der Waals surface area (Å²) in [6.45, 7) is 3.55. The quantitative estimate of drug-likeness (QED) is 0.734. The molecule has 1 aromatic heterocycles. The second-order valence-electron chi connectivity index (χ2n) is 6.40. The molecule has 0 aliphatic carbocycles. The van der Waals surface area contributed by atoms with Crippen LogP contribution in [0.1, 0.15) is 18.9 Å². The zero-order chi connectivity index (χ0) is 18.9. The number of nitrogens with one attached hydrogen (secondary N) is 1. The Kier molecular flexibility index (Phi) is 7.35. The molecule has 7 nitrogen and oxygen atoms in total. The summed E-state index contributed by atoms with van der Waals surface area (Å²) in [5.74, 6) is -0.218. The van der Waals surface area contributed by atoms with E-state index in [0.29, 0.717) is 13.1 Å². The van der Waals surface area contributed by atoms with E-state index in [2.05, 4.69) is 10.4 Å². The van der Waals surface area contributed by atoms with E-state index in [1.54, 1.807) is 13.2 Å². The highest BCUT2D eigenvalue weighted by atomic mass is 16.2. The fourth-order valence-corrected chi connectivity index (χ4v) is 2.51. The van der Waals surface area contributed by atoms with Gasteiger partial charge in [0.2, 0.25) is 11.8 Å². The summed E-state index contributed by atoms with van der Waals surface area (Å²) in [6.07, 6.45) is 4.64. The Bertz CT molecular complexity index is 714. The van der Waals surface area contributed by atoms with Gasteiger partial charge in [0.05, 0.1) is 25.0 Å². The van der Waals surface area contributed by atoms with E-state index in [0.717, 1.165) is 17.7 Å². The van der Waals surface area contributed by atoms with Gasteiger partial charge < -0.3 is 10.2 Å². The number of likely N-dealkylation sites (N-methyl/N-ethyl adjacent to an activating group) is 2. The summed E-state index contributed by atoms with van der Waals surface area (Å²) < 4.78 is 1.81. The molecule has 2 aromatic rings. The van der Waals surface area contributed by atoms with Gasteiger partial charge in [-0.15, -0.1) is 0 Å². The van der Waals surface area contributed by atoms with Crippen LogP contribution in [-0.2, 0) is 16.1 Å². The number of carbonyl (C=O) groups excluding carboxylic acids is 2. The first-order chi connectivity index (χ1) is 12.5. The minimum atomic E-state index is -0.130. The summed E-state index contributed by atoms with van der Waals surface area (Å²) in [5, 5.41) is 7.14. The van der Waals surface area contributed by atoms with Crippen molar-refractivity contribution >= 4 is 11.8 Å². The summed E-state index contributed by atoms with van der Waals surface area (Å²) in [4.78, 5) is 27.3. The third-order valence-electron chi connectivity index (χ3n) is 3.89. The van der Waals surface area contributed by atoms with E-state index < -0.39 is 0 Å². The molecule has 0 saturated heterocycles. The van der Waals surface area contributed by atoms with Crippen molar-refractivity contribution in [3.8, 4) is 5.69 Å². The average molecular weight is 357 g/mol. The number of carbonyl (C=O) groups is 2. The fourth-order valence-electron chi connectivity index (χ4n) is 2.51. The lowest BCUT2D eigenvalue weighted by molar-refractivity contribution is -0.135. The zero-order valence-electron chi connectivity index (χ0n) is 15.7. The average Bonchev–Trinajstić information content (AvgIpc) is 3.08. The van der Waals surface area contributed by atoms with E-state index in [-0.39, 0.29) is 24.9 Å². The van der Waals surface area contributed by atoms with Gasteiger partial charge in [-0.25, -0.2) is 4.68 Å². The van der Waals surface area contributed by atoms with Crippen LogP contribution in [0.5, 0.6) is 0 Å². The van der Waals surface area contributed by atoms with Crippen LogP contribution in [-0.4, -0.2) is 65.1 Å². The lowest BCUT2D eigenvalue weighted by Gasteiger charge is -2.21. The first-order valence-corrected chi connectivity index (χ1v) is 8.77. The smallest absolute Gasteiger partial charge is 0.239 e. The molecule has 140 valence electrons. The first-order valence-electron chi connectivity index (χ1n) is 8.77. The van der Waals surface area contributed by atoms with Crippen LogP contribution in [0.25, 0.3) is 5.69 Å². The topological polar surface area (TPSA) is 70.5 Å². The summed E-state index contributed by atoms with van der Waals surface area (Å²) in [7, 11) is 3.53. The number of amides is 2. The van der Waals surface area contributed by atoms with E-state index in [1.165, 1.54) is 4.90 Å². The van der Waals surface area contributed by atoms with Gasteiger partial charge in [-0.05, 0) is 25.6 Å². The fraction of sp³-hybridized carbons (Fsp3) is 0.421. The highest BCUT2D eigenvalue weighted by Crippen LogP contribution is 2.09. The molecule has 0 aliphatic rings. The number of aromatic nitrogens is 2. The third kappa shape index (κ3) is 6.00. The molecule has 0 atom stereocenters. The first kappa shape index (κ1) is 19.7. The van der Waals surface area contributed by atoms with E-state index in [4.69, 9.17) is 0 Å². The predicted molar refractivity (Wildman–Crippen MR) is 101 cm³/mol. The van der Waals surface area contributed by atoms with Crippen molar-refractivity contribution in [3.05, 3.63) is 48.3 Å². The van der Waals surface area contributed by atoms with Crippen LogP contribution >= 0.6 is 0 Å². The number of hydrogen-bond acceptors (Lipinski definition) is 4. The predicted octanol–water partition coefficient (Wildman–Crippen LogP) is 1.29. The van der Waals surface area contributed by atoms with Crippen LogP contribution in [0.2, 0.25) is 0 Å². The van der Waals surface area contributed by atoms with Gasteiger partial charge in [-0.2, -0.15) is 5.10 Å². The van der Waals surface area contributed by atoms with Crippen LogP contribution < -0.4 is 5.32 Å². The van der Waals surface area contributed by atoms with Crippen molar-refractivity contribution in [1.82, 2.24) is 24.9 Å². The maximum atomic E-state index is 12.3. The molecule has 0 aliphatic heterocycles. The molecule has 1 N–H and O–H groups in total. The Morgan fingerprint density at radius 2 is 1.88 bits per heavy atom. The van der Waals surface area contributed by atoms with Crippen molar-refractivity contribution in [3.63, 3.8) is 0 Å². The molecule has 0 spiro atoms. The summed E-state index contributed by atoms with van der Waals surface area (Å²) in [5.41, 5.74) is 2.02. The third-order valence-corrected chi connectivity index (χ3v) is 3.89. The molecule has 0 saturated carbocycles. The number of benzene rings is 1. The van der Waals surface area contributed by atoms with Crippen LogP contribution in [0.4, 0.5) is 0 Å². The van der Waals surface area contributed by atoms with Crippen molar-refractivity contribution in [2.45, 2.75) is 19.9 Å². The van der Waals surface area contributed by atoms with Gasteiger partial charge in [0.1, 0.15) is 0 Å². The molecule has 26 heavy (non-hydrogen) atoms. The van der Waals surface area contributed by atoms with Gasteiger partial charge in [0.25, 0.3) is 0 Å². The largest absolute Gasteiger partial charge is 0.355 e. The van der Waals surface area contributed by atoms with Crippen molar-refractivity contribution in [1.29, 1.82) is 0 Å². The molecule has 2 amide bonds. The minimum absolute atomic E-state index is 0.0820. The van der Waals surface area contributed by atoms with E-state index in [1.807, 2.05) is 60.1 Å². The molecule has 7 heteroatoms. The SMILES string of the molecule is CCCNC(=O)CN(C)C(=O)CN(C)Cc1cnn(-c2ccccc2)c1. The Balaban J connectivity index is 1.82. The van der Waals surface area contributed by atoms with Crippen molar-refractivity contribution in [2.24, 2.45) is 0 Å². The van der Waals surface area contributed by atoms with Gasteiger partial charge in [0, 0.05) is 31.9 Å².